The minimum Gasteiger partial charge on any atom is -0.317 e. The van der Waals surface area contributed by atoms with Crippen LogP contribution >= 0.6 is 11.5 Å². The first-order valence-electron chi connectivity index (χ1n) is 6.77. The van der Waals surface area contributed by atoms with Gasteiger partial charge in [-0.1, -0.05) is 9.59 Å². The topological polar surface area (TPSA) is 83.0 Å². The van der Waals surface area contributed by atoms with Gasteiger partial charge in [-0.2, -0.15) is 0 Å². The first kappa shape index (κ1) is 12.9. The second kappa shape index (κ2) is 5.89. The van der Waals surface area contributed by atoms with E-state index in [9.17, 15) is 4.79 Å². The number of likely N-dealkylation sites (tertiary alicyclic amines) is 1. The number of hydrogen-bond acceptors (Lipinski definition) is 7. The lowest BCUT2D eigenvalue weighted by molar-refractivity contribution is -0.121. The van der Waals surface area contributed by atoms with Crippen LogP contribution in [0.2, 0.25) is 0 Å². The predicted octanol–water partition coefficient (Wildman–Crippen LogP) is 0.0880. The SMILES string of the molecule is O=C(Nc1nnns1)C1CCCN1C1CCNCC1. The molecule has 2 fully saturated rings. The summed E-state index contributed by atoms with van der Waals surface area (Å²) in [5, 5.41) is 13.9. The maximum Gasteiger partial charge on any atom is 0.243 e. The average molecular weight is 282 g/mol. The van der Waals surface area contributed by atoms with Gasteiger partial charge < -0.3 is 5.32 Å². The Bertz CT molecular complexity index is 419. The minimum absolute atomic E-state index is 0.0213. The molecule has 2 aliphatic rings. The quantitative estimate of drug-likeness (QED) is 0.817. The number of carbonyl (C=O) groups excluding carboxylic acids is 1. The first-order chi connectivity index (χ1) is 9.34. The van der Waals surface area contributed by atoms with Crippen molar-refractivity contribution in [3.63, 3.8) is 0 Å². The second-order valence-electron chi connectivity index (χ2n) is 5.03. The second-order valence-corrected chi connectivity index (χ2v) is 5.77. The Hall–Kier alpha value is -1.12. The number of anilines is 1. The van der Waals surface area contributed by atoms with Crippen molar-refractivity contribution >= 4 is 22.6 Å². The van der Waals surface area contributed by atoms with Gasteiger partial charge in [0, 0.05) is 17.6 Å². The molecule has 1 aromatic heterocycles. The molecule has 0 bridgehead atoms. The predicted molar refractivity (Wildman–Crippen MR) is 72.0 cm³/mol. The van der Waals surface area contributed by atoms with Gasteiger partial charge in [0.15, 0.2) is 0 Å². The molecular weight excluding hydrogens is 264 g/mol. The van der Waals surface area contributed by atoms with Crippen molar-refractivity contribution in [3.05, 3.63) is 0 Å². The van der Waals surface area contributed by atoms with Gasteiger partial charge in [0.2, 0.25) is 11.0 Å². The normalized spacial score (nSPS) is 25.6. The van der Waals surface area contributed by atoms with Gasteiger partial charge in [-0.25, -0.2) is 0 Å². The van der Waals surface area contributed by atoms with Crippen LogP contribution in [0.25, 0.3) is 0 Å². The van der Waals surface area contributed by atoms with Crippen molar-refractivity contribution in [1.29, 1.82) is 0 Å². The molecule has 0 radical (unpaired) electrons. The van der Waals surface area contributed by atoms with Crippen LogP contribution in [0.3, 0.4) is 0 Å². The summed E-state index contributed by atoms with van der Waals surface area (Å²) in [4.78, 5) is 14.7. The average Bonchev–Trinajstić information content (AvgIpc) is 3.10. The van der Waals surface area contributed by atoms with Crippen molar-refractivity contribution in [2.75, 3.05) is 25.0 Å². The van der Waals surface area contributed by atoms with E-state index >= 15 is 0 Å². The summed E-state index contributed by atoms with van der Waals surface area (Å²) in [6.07, 6.45) is 4.28. The molecule has 0 aliphatic carbocycles. The Morgan fingerprint density at radius 1 is 1.37 bits per heavy atom. The van der Waals surface area contributed by atoms with Crippen LogP contribution in [0.5, 0.6) is 0 Å². The largest absolute Gasteiger partial charge is 0.317 e. The van der Waals surface area contributed by atoms with E-state index in [1.54, 1.807) is 0 Å². The van der Waals surface area contributed by atoms with Gasteiger partial charge in [-0.3, -0.25) is 15.0 Å². The number of piperidine rings is 1. The molecule has 1 unspecified atom stereocenters. The summed E-state index contributed by atoms with van der Waals surface area (Å²) in [5.74, 6) is 0.0367. The molecule has 0 spiro atoms. The summed E-state index contributed by atoms with van der Waals surface area (Å²) in [7, 11) is 0. The van der Waals surface area contributed by atoms with Crippen molar-refractivity contribution in [2.24, 2.45) is 0 Å². The molecule has 1 amide bonds. The lowest BCUT2D eigenvalue weighted by Crippen LogP contribution is -2.49. The highest BCUT2D eigenvalue weighted by Gasteiger charge is 2.35. The van der Waals surface area contributed by atoms with Crippen molar-refractivity contribution in [1.82, 2.24) is 25.0 Å². The number of carbonyl (C=O) groups is 1. The number of aromatic nitrogens is 3. The van der Waals surface area contributed by atoms with E-state index in [-0.39, 0.29) is 11.9 Å². The zero-order valence-corrected chi connectivity index (χ0v) is 11.5. The third kappa shape index (κ3) is 2.90. The highest BCUT2D eigenvalue weighted by atomic mass is 32.1. The molecule has 8 heteroatoms. The van der Waals surface area contributed by atoms with Crippen LogP contribution in [0, 0.1) is 0 Å². The van der Waals surface area contributed by atoms with Gasteiger partial charge in [-0.15, -0.1) is 0 Å². The third-order valence-corrected chi connectivity index (χ3v) is 4.42. The highest BCUT2D eigenvalue weighted by Crippen LogP contribution is 2.25. The van der Waals surface area contributed by atoms with Crippen LogP contribution in [0.15, 0.2) is 0 Å². The maximum absolute atomic E-state index is 12.3. The molecule has 2 aliphatic heterocycles. The fourth-order valence-corrected chi connectivity index (χ4v) is 3.39. The molecule has 1 aromatic rings. The van der Waals surface area contributed by atoms with Gasteiger partial charge in [0.05, 0.1) is 6.04 Å². The van der Waals surface area contributed by atoms with E-state index in [2.05, 4.69) is 30.3 Å². The lowest BCUT2D eigenvalue weighted by Gasteiger charge is -2.34. The Morgan fingerprint density at radius 2 is 2.21 bits per heavy atom. The molecular formula is C11H18N6OS. The van der Waals surface area contributed by atoms with E-state index in [4.69, 9.17) is 0 Å². The standard InChI is InChI=1S/C11H18N6OS/c18-10(13-11-14-15-16-19-11)9-2-1-7-17(9)8-3-5-12-6-4-8/h8-9,12H,1-7H2,(H,13,14,16,18). The molecule has 3 rings (SSSR count). The van der Waals surface area contributed by atoms with Gasteiger partial charge >= 0.3 is 0 Å². The van der Waals surface area contributed by atoms with Crippen LogP contribution in [0.1, 0.15) is 25.7 Å². The molecule has 2 N–H and O–H groups in total. The first-order valence-corrected chi connectivity index (χ1v) is 7.54. The fourth-order valence-electron chi connectivity index (χ4n) is 3.02. The number of amides is 1. The molecule has 3 heterocycles. The summed E-state index contributed by atoms with van der Waals surface area (Å²) >= 11 is 1.11. The van der Waals surface area contributed by atoms with E-state index in [1.807, 2.05) is 0 Å². The number of hydrogen-bond donors (Lipinski definition) is 2. The Balaban J connectivity index is 1.63. The van der Waals surface area contributed by atoms with Crippen LogP contribution in [0.4, 0.5) is 5.13 Å². The summed E-state index contributed by atoms with van der Waals surface area (Å²) in [5.41, 5.74) is 0. The summed E-state index contributed by atoms with van der Waals surface area (Å²) < 4.78 is 3.65. The van der Waals surface area contributed by atoms with Gasteiger partial charge in [0.25, 0.3) is 0 Å². The van der Waals surface area contributed by atoms with Crippen LogP contribution in [-0.2, 0) is 4.79 Å². The fraction of sp³-hybridized carbons (Fsp3) is 0.818. The summed E-state index contributed by atoms with van der Waals surface area (Å²) in [6.45, 7) is 3.13. The zero-order chi connectivity index (χ0) is 13.1. The van der Waals surface area contributed by atoms with Crippen molar-refractivity contribution in [2.45, 2.75) is 37.8 Å². The highest BCUT2D eigenvalue weighted by molar-refractivity contribution is 7.09. The smallest absolute Gasteiger partial charge is 0.243 e. The van der Waals surface area contributed by atoms with Crippen LogP contribution in [-0.4, -0.2) is 57.3 Å². The van der Waals surface area contributed by atoms with Gasteiger partial charge in [-0.05, 0) is 50.5 Å². The number of nitrogens with one attached hydrogen (secondary N) is 2. The molecule has 19 heavy (non-hydrogen) atoms. The minimum atomic E-state index is -0.0213. The molecule has 104 valence electrons. The van der Waals surface area contributed by atoms with E-state index in [0.717, 1.165) is 56.9 Å². The molecule has 0 saturated carbocycles. The van der Waals surface area contributed by atoms with E-state index in [1.165, 1.54) is 0 Å². The Kier molecular flexibility index (Phi) is 4.00. The van der Waals surface area contributed by atoms with E-state index < -0.39 is 0 Å². The zero-order valence-electron chi connectivity index (χ0n) is 10.7. The molecule has 7 nitrogen and oxygen atoms in total. The third-order valence-electron chi connectivity index (χ3n) is 3.90. The Morgan fingerprint density at radius 3 is 2.95 bits per heavy atom. The molecule has 0 aromatic carbocycles. The van der Waals surface area contributed by atoms with Crippen molar-refractivity contribution < 1.29 is 4.79 Å². The maximum atomic E-state index is 12.3. The molecule has 1 atom stereocenters. The molecule has 2 saturated heterocycles. The van der Waals surface area contributed by atoms with Gasteiger partial charge in [0.1, 0.15) is 0 Å². The number of nitrogens with zero attached hydrogens (tertiary/aromatic N) is 4. The number of rotatable bonds is 3. The lowest BCUT2D eigenvalue weighted by atomic mass is 10.0. The summed E-state index contributed by atoms with van der Waals surface area (Å²) in [6, 6.07) is 0.513. The van der Waals surface area contributed by atoms with E-state index in [0.29, 0.717) is 11.2 Å². The van der Waals surface area contributed by atoms with Crippen molar-refractivity contribution in [3.8, 4) is 0 Å². The monoisotopic (exact) mass is 282 g/mol. The Labute approximate surface area is 115 Å². The van der Waals surface area contributed by atoms with Crippen LogP contribution < -0.4 is 10.6 Å².